The lowest BCUT2D eigenvalue weighted by Gasteiger charge is -2.09. The van der Waals surface area contributed by atoms with E-state index in [2.05, 4.69) is 10.1 Å². The van der Waals surface area contributed by atoms with Gasteiger partial charge >= 0.3 is 5.97 Å². The van der Waals surface area contributed by atoms with E-state index in [1.54, 1.807) is 54.6 Å². The number of phenolic OH excluding ortho intramolecular Hbond substituents is 2. The topological polar surface area (TPSA) is 108 Å². The Morgan fingerprint density at radius 3 is 2.00 bits per heavy atom. The molecule has 0 saturated carbocycles. The first-order chi connectivity index (χ1) is 13.6. The van der Waals surface area contributed by atoms with Crippen molar-refractivity contribution in [2.75, 3.05) is 0 Å². The van der Waals surface area contributed by atoms with Gasteiger partial charge in [-0.1, -0.05) is 36.4 Å². The van der Waals surface area contributed by atoms with Gasteiger partial charge in [0.15, 0.2) is 11.6 Å². The molecule has 4 rings (SSSR count). The van der Waals surface area contributed by atoms with Gasteiger partial charge in [-0.3, -0.25) is 0 Å². The molecule has 3 N–H and O–H groups in total. The number of carboxylic acids is 1. The summed E-state index contributed by atoms with van der Waals surface area (Å²) in [5.74, 6) is -0.678. The monoisotopic (exact) mass is 373 g/mol. The number of rotatable bonds is 4. The number of phenols is 2. The van der Waals surface area contributed by atoms with Crippen molar-refractivity contribution in [1.82, 2.24) is 14.8 Å². The average Bonchev–Trinajstić information content (AvgIpc) is 3.13. The fourth-order valence-corrected chi connectivity index (χ4v) is 2.93. The van der Waals surface area contributed by atoms with Crippen LogP contribution < -0.4 is 0 Å². The summed E-state index contributed by atoms with van der Waals surface area (Å²) in [7, 11) is 0. The Balaban J connectivity index is 2.02. The highest BCUT2D eigenvalue weighted by Crippen LogP contribution is 2.33. The van der Waals surface area contributed by atoms with Crippen molar-refractivity contribution in [3.8, 4) is 40.0 Å². The lowest BCUT2D eigenvalue weighted by Crippen LogP contribution is -2.08. The minimum atomic E-state index is -1.11. The van der Waals surface area contributed by atoms with E-state index in [4.69, 9.17) is 0 Å². The lowest BCUT2D eigenvalue weighted by atomic mass is 10.1. The number of carboxylic acid groups (broad SMARTS) is 1. The zero-order valence-electron chi connectivity index (χ0n) is 14.5. The van der Waals surface area contributed by atoms with Crippen molar-refractivity contribution in [3.63, 3.8) is 0 Å². The Kier molecular flexibility index (Phi) is 4.25. The maximum Gasteiger partial charge on any atom is 0.337 e. The molecule has 7 heteroatoms. The van der Waals surface area contributed by atoms with E-state index in [9.17, 15) is 20.1 Å². The van der Waals surface area contributed by atoms with E-state index in [1.165, 1.54) is 22.9 Å². The Morgan fingerprint density at radius 1 is 0.786 bits per heavy atom. The van der Waals surface area contributed by atoms with Gasteiger partial charge in [-0.05, 0) is 36.4 Å². The van der Waals surface area contributed by atoms with Crippen LogP contribution in [-0.4, -0.2) is 36.1 Å². The van der Waals surface area contributed by atoms with Gasteiger partial charge in [0.25, 0.3) is 0 Å². The molecule has 0 aliphatic carbocycles. The first kappa shape index (κ1) is 17.3. The van der Waals surface area contributed by atoms with E-state index in [0.29, 0.717) is 16.8 Å². The van der Waals surface area contributed by atoms with Gasteiger partial charge in [-0.25, -0.2) is 14.5 Å². The van der Waals surface area contributed by atoms with Crippen molar-refractivity contribution < 1.29 is 20.1 Å². The van der Waals surface area contributed by atoms with E-state index in [-0.39, 0.29) is 28.7 Å². The van der Waals surface area contributed by atoms with Crippen LogP contribution >= 0.6 is 0 Å². The molecular weight excluding hydrogens is 358 g/mol. The summed E-state index contributed by atoms with van der Waals surface area (Å²) >= 11 is 0. The minimum absolute atomic E-state index is 0.00463. The Morgan fingerprint density at radius 2 is 1.36 bits per heavy atom. The molecular formula is C21H15N3O4. The SMILES string of the molecule is O=C(O)c1ccccc1-n1nc(-c2ccccc2O)nc1-c1ccccc1O. The molecule has 0 fully saturated rings. The van der Waals surface area contributed by atoms with Crippen LogP contribution in [0.4, 0.5) is 0 Å². The fourth-order valence-electron chi connectivity index (χ4n) is 2.93. The normalized spacial score (nSPS) is 10.7. The molecule has 28 heavy (non-hydrogen) atoms. The molecule has 0 amide bonds. The molecule has 1 aromatic heterocycles. The number of aromatic nitrogens is 3. The molecule has 138 valence electrons. The van der Waals surface area contributed by atoms with E-state index in [0.717, 1.165) is 0 Å². The number of hydrogen-bond donors (Lipinski definition) is 3. The van der Waals surface area contributed by atoms with E-state index in [1.807, 2.05) is 0 Å². The first-order valence-corrected chi connectivity index (χ1v) is 8.43. The summed E-state index contributed by atoms with van der Waals surface area (Å²) in [6.07, 6.45) is 0. The quantitative estimate of drug-likeness (QED) is 0.503. The number of hydrogen-bond acceptors (Lipinski definition) is 5. The van der Waals surface area contributed by atoms with Crippen LogP contribution in [0.3, 0.4) is 0 Å². The van der Waals surface area contributed by atoms with Crippen LogP contribution in [0.25, 0.3) is 28.5 Å². The highest BCUT2D eigenvalue weighted by atomic mass is 16.4. The number of aromatic carboxylic acids is 1. The lowest BCUT2D eigenvalue weighted by molar-refractivity contribution is 0.0696. The van der Waals surface area contributed by atoms with Crippen molar-refractivity contribution in [2.45, 2.75) is 0 Å². The van der Waals surface area contributed by atoms with Gasteiger partial charge < -0.3 is 15.3 Å². The molecule has 7 nitrogen and oxygen atoms in total. The summed E-state index contributed by atoms with van der Waals surface area (Å²) in [5.41, 5.74) is 1.11. The van der Waals surface area contributed by atoms with Crippen molar-refractivity contribution >= 4 is 5.97 Å². The maximum absolute atomic E-state index is 11.7. The molecule has 0 aliphatic heterocycles. The maximum atomic E-state index is 11.7. The van der Waals surface area contributed by atoms with Crippen molar-refractivity contribution in [2.24, 2.45) is 0 Å². The van der Waals surface area contributed by atoms with Gasteiger partial charge in [0.05, 0.1) is 22.4 Å². The summed E-state index contributed by atoms with van der Waals surface area (Å²) in [6, 6.07) is 19.6. The van der Waals surface area contributed by atoms with Crippen LogP contribution in [-0.2, 0) is 0 Å². The summed E-state index contributed by atoms with van der Waals surface area (Å²) in [4.78, 5) is 16.2. The smallest absolute Gasteiger partial charge is 0.337 e. The zero-order valence-corrected chi connectivity index (χ0v) is 14.5. The average molecular weight is 373 g/mol. The molecule has 0 atom stereocenters. The third-order valence-electron chi connectivity index (χ3n) is 4.26. The number of nitrogens with zero attached hydrogens (tertiary/aromatic N) is 3. The third kappa shape index (κ3) is 2.95. The van der Waals surface area contributed by atoms with Gasteiger partial charge in [0, 0.05) is 0 Å². The fraction of sp³-hybridized carbons (Fsp3) is 0. The predicted octanol–water partition coefficient (Wildman–Crippen LogP) is 3.71. The van der Waals surface area contributed by atoms with Gasteiger partial charge in [0.2, 0.25) is 0 Å². The molecule has 1 heterocycles. The van der Waals surface area contributed by atoms with Crippen LogP contribution in [0.1, 0.15) is 10.4 Å². The second-order valence-corrected chi connectivity index (χ2v) is 6.03. The minimum Gasteiger partial charge on any atom is -0.507 e. The van der Waals surface area contributed by atoms with Crippen LogP contribution in [0.15, 0.2) is 72.8 Å². The highest BCUT2D eigenvalue weighted by molar-refractivity contribution is 5.92. The van der Waals surface area contributed by atoms with Crippen molar-refractivity contribution in [3.05, 3.63) is 78.4 Å². The number of benzene rings is 3. The molecule has 0 unspecified atom stereocenters. The van der Waals surface area contributed by atoms with Crippen LogP contribution in [0.2, 0.25) is 0 Å². The van der Waals surface area contributed by atoms with Crippen LogP contribution in [0.5, 0.6) is 11.5 Å². The molecule has 3 aromatic carbocycles. The molecule has 0 spiro atoms. The number of aromatic hydroxyl groups is 2. The Hall–Kier alpha value is -4.13. The third-order valence-corrected chi connectivity index (χ3v) is 4.26. The number of para-hydroxylation sites is 3. The second-order valence-electron chi connectivity index (χ2n) is 6.03. The van der Waals surface area contributed by atoms with Crippen molar-refractivity contribution in [1.29, 1.82) is 0 Å². The standard InChI is InChI=1S/C21H15N3O4/c25-17-11-5-2-8-14(17)19-22-20(15-9-3-6-12-18(15)26)24(23-19)16-10-4-1-7-13(16)21(27)28/h1-12,25-26H,(H,27,28). The molecule has 0 saturated heterocycles. The Bertz CT molecular complexity index is 1180. The molecule has 0 radical (unpaired) electrons. The van der Waals surface area contributed by atoms with Gasteiger partial charge in [-0.15, -0.1) is 5.10 Å². The van der Waals surface area contributed by atoms with E-state index >= 15 is 0 Å². The summed E-state index contributed by atoms with van der Waals surface area (Å²) in [5, 5.41) is 34.5. The molecule has 0 aliphatic rings. The second kappa shape index (κ2) is 6.88. The highest BCUT2D eigenvalue weighted by Gasteiger charge is 2.21. The summed E-state index contributed by atoms with van der Waals surface area (Å²) in [6.45, 7) is 0. The largest absolute Gasteiger partial charge is 0.507 e. The van der Waals surface area contributed by atoms with Gasteiger partial charge in [-0.2, -0.15) is 0 Å². The predicted molar refractivity (Wildman–Crippen MR) is 103 cm³/mol. The van der Waals surface area contributed by atoms with Gasteiger partial charge in [0.1, 0.15) is 11.5 Å². The van der Waals surface area contributed by atoms with E-state index < -0.39 is 5.97 Å². The Labute approximate surface area is 159 Å². The summed E-state index contributed by atoms with van der Waals surface area (Å²) < 4.78 is 1.36. The zero-order chi connectivity index (χ0) is 19.7. The molecule has 4 aromatic rings. The first-order valence-electron chi connectivity index (χ1n) is 8.43. The number of carbonyl (C=O) groups is 1. The van der Waals surface area contributed by atoms with Crippen LogP contribution in [0, 0.1) is 0 Å². The molecule has 0 bridgehead atoms.